The third-order valence-corrected chi connectivity index (χ3v) is 2.47. The van der Waals surface area contributed by atoms with Gasteiger partial charge in [0, 0.05) is 24.0 Å². The number of carbonyl (C=O) groups excluding carboxylic acids is 1. The summed E-state index contributed by atoms with van der Waals surface area (Å²) in [4.78, 5) is 11.8. The first-order valence-electron chi connectivity index (χ1n) is 7.44. The van der Waals surface area contributed by atoms with E-state index in [0.29, 0.717) is 5.56 Å². The van der Waals surface area contributed by atoms with Crippen molar-refractivity contribution in [2.75, 3.05) is 17.7 Å². The van der Waals surface area contributed by atoms with E-state index in [4.69, 9.17) is 0 Å². The van der Waals surface area contributed by atoms with Gasteiger partial charge in [0.25, 0.3) is 5.91 Å². The summed E-state index contributed by atoms with van der Waals surface area (Å²) in [5.74, 6) is -0.0946. The average Bonchev–Trinajstić information content (AvgIpc) is 2.60. The first-order valence-corrected chi connectivity index (χ1v) is 7.44. The van der Waals surface area contributed by atoms with Crippen LogP contribution < -0.4 is 10.6 Å². The van der Waals surface area contributed by atoms with Crippen LogP contribution in [0.5, 0.6) is 0 Å². The zero-order chi connectivity index (χ0) is 16.1. The molecular weight excluding hydrogens is 260 g/mol. The molecule has 0 heterocycles. The highest BCUT2D eigenvalue weighted by Crippen LogP contribution is 2.13. The van der Waals surface area contributed by atoms with Crippen LogP contribution in [0.3, 0.4) is 0 Å². The van der Waals surface area contributed by atoms with E-state index < -0.39 is 0 Å². The van der Waals surface area contributed by atoms with Gasteiger partial charge in [0.2, 0.25) is 0 Å². The van der Waals surface area contributed by atoms with Crippen LogP contribution >= 0.6 is 0 Å². The van der Waals surface area contributed by atoms with E-state index in [9.17, 15) is 4.79 Å². The molecule has 114 valence electrons. The summed E-state index contributed by atoms with van der Waals surface area (Å²) >= 11 is 0. The van der Waals surface area contributed by atoms with Gasteiger partial charge in [0.05, 0.1) is 0 Å². The molecule has 0 unspecified atom stereocenters. The lowest BCUT2D eigenvalue weighted by Crippen LogP contribution is -2.11. The number of amides is 1. The molecule has 0 aromatic heterocycles. The monoisotopic (exact) mass is 286 g/mol. The van der Waals surface area contributed by atoms with Crippen molar-refractivity contribution in [1.29, 1.82) is 0 Å². The van der Waals surface area contributed by atoms with Gasteiger partial charge in [-0.05, 0) is 36.4 Å². The minimum Gasteiger partial charge on any atom is -0.388 e. The Hall–Kier alpha value is -2.29. The van der Waals surface area contributed by atoms with Gasteiger partial charge in [0.15, 0.2) is 0 Å². The molecule has 2 rings (SSSR count). The van der Waals surface area contributed by atoms with Crippen LogP contribution in [0.2, 0.25) is 0 Å². The van der Waals surface area contributed by atoms with Crippen LogP contribution in [-0.4, -0.2) is 13.0 Å². The largest absolute Gasteiger partial charge is 0.388 e. The van der Waals surface area contributed by atoms with Gasteiger partial charge >= 0.3 is 0 Å². The highest BCUT2D eigenvalue weighted by Gasteiger charge is 2.04. The SMILES string of the molecule is CC.CC.CNc1ccc(NC(=O)c2ccccc2)cc1. The minimum absolute atomic E-state index is 0.0946. The molecule has 0 aliphatic rings. The summed E-state index contributed by atoms with van der Waals surface area (Å²) in [6.07, 6.45) is 0. The van der Waals surface area contributed by atoms with Gasteiger partial charge in [-0.2, -0.15) is 0 Å². The van der Waals surface area contributed by atoms with Crippen LogP contribution in [0.15, 0.2) is 54.6 Å². The molecule has 0 saturated carbocycles. The maximum Gasteiger partial charge on any atom is 0.255 e. The number of hydrogen-bond donors (Lipinski definition) is 2. The zero-order valence-corrected chi connectivity index (χ0v) is 13.6. The Morgan fingerprint density at radius 3 is 1.71 bits per heavy atom. The number of nitrogens with one attached hydrogen (secondary N) is 2. The molecule has 1 amide bonds. The summed E-state index contributed by atoms with van der Waals surface area (Å²) in [6, 6.07) is 16.7. The topological polar surface area (TPSA) is 41.1 Å². The number of anilines is 2. The molecule has 3 nitrogen and oxygen atoms in total. The molecule has 3 heteroatoms. The maximum atomic E-state index is 11.8. The molecule has 0 saturated heterocycles. The van der Waals surface area contributed by atoms with E-state index >= 15 is 0 Å². The second-order valence-corrected chi connectivity index (χ2v) is 3.65. The fourth-order valence-electron chi connectivity index (χ4n) is 1.51. The average molecular weight is 286 g/mol. The minimum atomic E-state index is -0.0946. The predicted molar refractivity (Wildman–Crippen MR) is 93.1 cm³/mol. The highest BCUT2D eigenvalue weighted by atomic mass is 16.1. The Bertz CT molecular complexity index is 492. The molecule has 21 heavy (non-hydrogen) atoms. The molecule has 0 aliphatic heterocycles. The maximum absolute atomic E-state index is 11.8. The van der Waals surface area contributed by atoms with Crippen molar-refractivity contribution < 1.29 is 4.79 Å². The molecule has 0 bridgehead atoms. The van der Waals surface area contributed by atoms with E-state index in [1.807, 2.05) is 77.2 Å². The quantitative estimate of drug-likeness (QED) is 0.830. The van der Waals surface area contributed by atoms with Crippen LogP contribution in [0, 0.1) is 0 Å². The van der Waals surface area contributed by atoms with Crippen molar-refractivity contribution in [1.82, 2.24) is 0 Å². The zero-order valence-electron chi connectivity index (χ0n) is 13.6. The van der Waals surface area contributed by atoms with Crippen LogP contribution in [0.4, 0.5) is 11.4 Å². The molecule has 0 spiro atoms. The molecule has 0 radical (unpaired) electrons. The number of hydrogen-bond acceptors (Lipinski definition) is 2. The van der Waals surface area contributed by atoms with Crippen molar-refractivity contribution in [2.24, 2.45) is 0 Å². The van der Waals surface area contributed by atoms with Crippen LogP contribution in [0.25, 0.3) is 0 Å². The fourth-order valence-corrected chi connectivity index (χ4v) is 1.51. The summed E-state index contributed by atoms with van der Waals surface area (Å²) in [7, 11) is 1.86. The Morgan fingerprint density at radius 2 is 1.24 bits per heavy atom. The third kappa shape index (κ3) is 6.61. The van der Waals surface area contributed by atoms with Gasteiger partial charge < -0.3 is 10.6 Å². The Balaban J connectivity index is 0.000000921. The normalized spacial score (nSPS) is 8.43. The van der Waals surface area contributed by atoms with Gasteiger partial charge in [-0.25, -0.2) is 0 Å². The van der Waals surface area contributed by atoms with Gasteiger partial charge in [-0.15, -0.1) is 0 Å². The molecule has 0 aliphatic carbocycles. The van der Waals surface area contributed by atoms with Gasteiger partial charge in [-0.1, -0.05) is 45.9 Å². The van der Waals surface area contributed by atoms with E-state index in [0.717, 1.165) is 11.4 Å². The standard InChI is InChI=1S/C14H14N2O.2C2H6/c1-15-12-7-9-13(10-8-12)16-14(17)11-5-3-2-4-6-11;2*1-2/h2-10,15H,1H3,(H,16,17);2*1-2H3. The molecule has 0 fully saturated rings. The Kier molecular flexibility index (Phi) is 10.3. The summed E-state index contributed by atoms with van der Waals surface area (Å²) in [5, 5.41) is 5.87. The third-order valence-electron chi connectivity index (χ3n) is 2.47. The fraction of sp³-hybridized carbons (Fsp3) is 0.278. The number of benzene rings is 2. The summed E-state index contributed by atoms with van der Waals surface area (Å²) < 4.78 is 0. The van der Waals surface area contributed by atoms with Gasteiger partial charge in [-0.3, -0.25) is 4.79 Å². The molecule has 0 atom stereocenters. The highest BCUT2D eigenvalue weighted by molar-refractivity contribution is 6.04. The van der Waals surface area contributed by atoms with Crippen molar-refractivity contribution in [3.63, 3.8) is 0 Å². The lowest BCUT2D eigenvalue weighted by Gasteiger charge is -2.06. The summed E-state index contributed by atoms with van der Waals surface area (Å²) in [5.41, 5.74) is 2.46. The van der Waals surface area contributed by atoms with Crippen molar-refractivity contribution in [3.8, 4) is 0 Å². The lowest BCUT2D eigenvalue weighted by atomic mass is 10.2. The molecule has 2 aromatic rings. The lowest BCUT2D eigenvalue weighted by molar-refractivity contribution is 0.102. The van der Waals surface area contributed by atoms with E-state index in [1.165, 1.54) is 0 Å². The smallest absolute Gasteiger partial charge is 0.255 e. The Morgan fingerprint density at radius 1 is 0.762 bits per heavy atom. The van der Waals surface area contributed by atoms with Crippen molar-refractivity contribution in [3.05, 3.63) is 60.2 Å². The van der Waals surface area contributed by atoms with E-state index in [2.05, 4.69) is 10.6 Å². The first kappa shape index (κ1) is 18.7. The first-order chi connectivity index (χ1) is 10.3. The van der Waals surface area contributed by atoms with Crippen molar-refractivity contribution in [2.45, 2.75) is 27.7 Å². The molecule has 2 N–H and O–H groups in total. The number of carbonyl (C=O) groups is 1. The van der Waals surface area contributed by atoms with Crippen LogP contribution in [-0.2, 0) is 0 Å². The van der Waals surface area contributed by atoms with Crippen LogP contribution in [0.1, 0.15) is 38.1 Å². The second-order valence-electron chi connectivity index (χ2n) is 3.65. The van der Waals surface area contributed by atoms with Crippen molar-refractivity contribution >= 4 is 17.3 Å². The molecular formula is C18H26N2O. The predicted octanol–water partition coefficient (Wildman–Crippen LogP) is 5.03. The van der Waals surface area contributed by atoms with E-state index in [1.54, 1.807) is 12.1 Å². The van der Waals surface area contributed by atoms with E-state index in [-0.39, 0.29) is 5.91 Å². The summed E-state index contributed by atoms with van der Waals surface area (Å²) in [6.45, 7) is 8.00. The number of rotatable bonds is 3. The Labute approximate surface area is 128 Å². The molecule has 2 aromatic carbocycles. The second kappa shape index (κ2) is 11.5. The van der Waals surface area contributed by atoms with Gasteiger partial charge in [0.1, 0.15) is 0 Å².